The average molecular weight is 341 g/mol. The van der Waals surface area contributed by atoms with Crippen molar-refractivity contribution in [2.75, 3.05) is 7.11 Å². The van der Waals surface area contributed by atoms with Crippen LogP contribution in [0.1, 0.15) is 10.4 Å². The van der Waals surface area contributed by atoms with Gasteiger partial charge in [0, 0.05) is 0 Å². The summed E-state index contributed by atoms with van der Waals surface area (Å²) in [4.78, 5) is 11.5. The quantitative estimate of drug-likeness (QED) is 0.620. The molecular weight excluding hydrogens is 328 g/mol. The van der Waals surface area contributed by atoms with Crippen LogP contribution in [-0.4, -0.2) is 13.4 Å². The number of hydrogen-bond donors (Lipinski definition) is 0. The summed E-state index contributed by atoms with van der Waals surface area (Å²) >= 11 is 3.41. The normalized spacial score (nSPS) is 10.6. The number of aldehydes is 1. The van der Waals surface area contributed by atoms with Crippen molar-refractivity contribution in [3.05, 3.63) is 64.6 Å². The number of rotatable bonds is 3. The lowest BCUT2D eigenvalue weighted by Crippen LogP contribution is -1.95. The molecule has 0 unspecified atom stereocenters. The SMILES string of the molecule is COc1c(Br)ccc(-c2ccc3ccccc3c2)c1C=O. The number of hydrogen-bond acceptors (Lipinski definition) is 2. The van der Waals surface area contributed by atoms with Crippen molar-refractivity contribution in [1.29, 1.82) is 0 Å². The Balaban J connectivity index is 2.24. The molecule has 3 heteroatoms. The summed E-state index contributed by atoms with van der Waals surface area (Å²) in [5.41, 5.74) is 2.43. The van der Waals surface area contributed by atoms with E-state index in [0.29, 0.717) is 11.3 Å². The number of benzene rings is 3. The summed E-state index contributed by atoms with van der Waals surface area (Å²) in [6.07, 6.45) is 0.841. The van der Waals surface area contributed by atoms with Gasteiger partial charge in [-0.25, -0.2) is 0 Å². The molecule has 21 heavy (non-hydrogen) atoms. The highest BCUT2D eigenvalue weighted by molar-refractivity contribution is 9.10. The maximum Gasteiger partial charge on any atom is 0.154 e. The van der Waals surface area contributed by atoms with Gasteiger partial charge in [-0.3, -0.25) is 4.79 Å². The molecule has 0 N–H and O–H groups in total. The summed E-state index contributed by atoms with van der Waals surface area (Å²) in [5, 5.41) is 2.33. The van der Waals surface area contributed by atoms with Crippen molar-refractivity contribution < 1.29 is 9.53 Å². The van der Waals surface area contributed by atoms with E-state index in [1.165, 1.54) is 5.39 Å². The van der Waals surface area contributed by atoms with E-state index in [-0.39, 0.29) is 0 Å². The fraction of sp³-hybridized carbons (Fsp3) is 0.0556. The summed E-state index contributed by atoms with van der Waals surface area (Å²) < 4.78 is 6.11. The minimum absolute atomic E-state index is 0.558. The Kier molecular flexibility index (Phi) is 3.76. The Hall–Kier alpha value is -2.13. The van der Waals surface area contributed by atoms with E-state index in [0.717, 1.165) is 27.3 Å². The largest absolute Gasteiger partial charge is 0.495 e. The van der Waals surface area contributed by atoms with Crippen LogP contribution in [0.15, 0.2) is 59.1 Å². The molecule has 0 saturated carbocycles. The van der Waals surface area contributed by atoms with Crippen LogP contribution in [0.4, 0.5) is 0 Å². The summed E-state index contributed by atoms with van der Waals surface area (Å²) in [5.74, 6) is 0.565. The van der Waals surface area contributed by atoms with Gasteiger partial charge in [-0.2, -0.15) is 0 Å². The van der Waals surface area contributed by atoms with Gasteiger partial charge in [0.1, 0.15) is 5.75 Å². The van der Waals surface area contributed by atoms with E-state index in [4.69, 9.17) is 4.74 Å². The van der Waals surface area contributed by atoms with Crippen LogP contribution in [0.25, 0.3) is 21.9 Å². The number of methoxy groups -OCH3 is 1. The third-order valence-corrected chi connectivity index (χ3v) is 4.15. The van der Waals surface area contributed by atoms with E-state index in [9.17, 15) is 4.79 Å². The van der Waals surface area contributed by atoms with Gasteiger partial charge >= 0.3 is 0 Å². The maximum atomic E-state index is 11.5. The van der Waals surface area contributed by atoms with E-state index in [2.05, 4.69) is 40.2 Å². The molecule has 104 valence electrons. The molecule has 0 bridgehead atoms. The zero-order valence-corrected chi connectivity index (χ0v) is 13.1. The molecule has 3 aromatic rings. The van der Waals surface area contributed by atoms with Crippen molar-refractivity contribution in [1.82, 2.24) is 0 Å². The molecule has 2 nitrogen and oxygen atoms in total. The van der Waals surface area contributed by atoms with Gasteiger partial charge in [-0.05, 0) is 50.0 Å². The van der Waals surface area contributed by atoms with Crippen molar-refractivity contribution in [2.45, 2.75) is 0 Å². The van der Waals surface area contributed by atoms with Crippen molar-refractivity contribution >= 4 is 33.0 Å². The van der Waals surface area contributed by atoms with E-state index < -0.39 is 0 Å². The van der Waals surface area contributed by atoms with Crippen LogP contribution in [0.5, 0.6) is 5.75 Å². The Labute approximate surface area is 131 Å². The smallest absolute Gasteiger partial charge is 0.154 e. The van der Waals surface area contributed by atoms with E-state index in [1.54, 1.807) is 7.11 Å². The summed E-state index contributed by atoms with van der Waals surface area (Å²) in [6, 6.07) is 18.2. The zero-order valence-electron chi connectivity index (χ0n) is 11.5. The first kappa shape index (κ1) is 13.8. The lowest BCUT2D eigenvalue weighted by atomic mass is 9.97. The van der Waals surface area contributed by atoms with Crippen molar-refractivity contribution in [3.8, 4) is 16.9 Å². The van der Waals surface area contributed by atoms with Crippen LogP contribution >= 0.6 is 15.9 Å². The van der Waals surface area contributed by atoms with Gasteiger partial charge in [-0.1, -0.05) is 42.5 Å². The summed E-state index contributed by atoms with van der Waals surface area (Å²) in [6.45, 7) is 0. The number of carbonyl (C=O) groups is 1. The molecule has 0 amide bonds. The number of fused-ring (bicyclic) bond motifs is 1. The highest BCUT2D eigenvalue weighted by Crippen LogP contribution is 2.36. The second-order valence-electron chi connectivity index (χ2n) is 4.72. The molecule has 0 saturated heterocycles. The standard InChI is InChI=1S/C18H13BrO2/c1-21-18-16(11-20)15(8-9-17(18)19)14-7-6-12-4-2-3-5-13(12)10-14/h2-11H,1H3. The number of ether oxygens (including phenoxy) is 1. The molecule has 0 radical (unpaired) electrons. The summed E-state index contributed by atoms with van der Waals surface area (Å²) in [7, 11) is 1.57. The second-order valence-corrected chi connectivity index (χ2v) is 5.58. The van der Waals surface area contributed by atoms with Gasteiger partial charge in [0.2, 0.25) is 0 Å². The van der Waals surface area contributed by atoms with Crippen LogP contribution in [0.3, 0.4) is 0 Å². The highest BCUT2D eigenvalue weighted by Gasteiger charge is 2.13. The van der Waals surface area contributed by atoms with Gasteiger partial charge in [0.25, 0.3) is 0 Å². The molecule has 3 aromatic carbocycles. The molecule has 0 atom stereocenters. The molecule has 0 aliphatic carbocycles. The minimum Gasteiger partial charge on any atom is -0.495 e. The van der Waals surface area contributed by atoms with Gasteiger partial charge in [0.15, 0.2) is 6.29 Å². The molecular formula is C18H13BrO2. The fourth-order valence-corrected chi connectivity index (χ4v) is 3.01. The predicted molar refractivity (Wildman–Crippen MR) is 89.0 cm³/mol. The second kappa shape index (κ2) is 5.70. The van der Waals surface area contributed by atoms with Gasteiger partial charge in [-0.15, -0.1) is 0 Å². The lowest BCUT2D eigenvalue weighted by molar-refractivity contribution is 0.112. The molecule has 0 aliphatic heterocycles. The molecule has 0 fully saturated rings. The van der Waals surface area contributed by atoms with Gasteiger partial charge < -0.3 is 4.74 Å². The number of carbonyl (C=O) groups excluding carboxylic acids is 1. The first-order valence-electron chi connectivity index (χ1n) is 6.55. The predicted octanol–water partition coefficient (Wildman–Crippen LogP) is 5.09. The molecule has 0 spiro atoms. The minimum atomic E-state index is 0.558. The Morgan fingerprint density at radius 2 is 1.76 bits per heavy atom. The Bertz CT molecular complexity index is 825. The molecule has 0 heterocycles. The van der Waals surface area contributed by atoms with Crippen LogP contribution in [0, 0.1) is 0 Å². The van der Waals surface area contributed by atoms with Crippen LogP contribution < -0.4 is 4.74 Å². The fourth-order valence-electron chi connectivity index (χ4n) is 2.51. The first-order valence-corrected chi connectivity index (χ1v) is 7.34. The van der Waals surface area contributed by atoms with Gasteiger partial charge in [0.05, 0.1) is 17.1 Å². The van der Waals surface area contributed by atoms with Crippen molar-refractivity contribution in [3.63, 3.8) is 0 Å². The zero-order chi connectivity index (χ0) is 14.8. The van der Waals surface area contributed by atoms with Crippen molar-refractivity contribution in [2.24, 2.45) is 0 Å². The monoisotopic (exact) mass is 340 g/mol. The third kappa shape index (κ3) is 2.45. The van der Waals surface area contributed by atoms with Crippen LogP contribution in [0.2, 0.25) is 0 Å². The van der Waals surface area contributed by atoms with Crippen LogP contribution in [-0.2, 0) is 0 Å². The number of halogens is 1. The molecule has 0 aromatic heterocycles. The van der Waals surface area contributed by atoms with E-state index in [1.807, 2.05) is 30.3 Å². The molecule has 3 rings (SSSR count). The lowest BCUT2D eigenvalue weighted by Gasteiger charge is -2.12. The maximum absolute atomic E-state index is 11.5. The topological polar surface area (TPSA) is 26.3 Å². The van der Waals surface area contributed by atoms with E-state index >= 15 is 0 Å². The highest BCUT2D eigenvalue weighted by atomic mass is 79.9. The third-order valence-electron chi connectivity index (χ3n) is 3.53. The average Bonchev–Trinajstić information content (AvgIpc) is 2.54. The first-order chi connectivity index (χ1) is 10.2. The Morgan fingerprint density at radius 3 is 2.48 bits per heavy atom. The molecule has 0 aliphatic rings. The Morgan fingerprint density at radius 1 is 1.00 bits per heavy atom.